The first-order valence-electron chi connectivity index (χ1n) is 5.27. The molecule has 0 amide bonds. The lowest BCUT2D eigenvalue weighted by atomic mass is 10.0. The zero-order chi connectivity index (χ0) is 13.2. The van der Waals surface area contributed by atoms with Crippen LogP contribution >= 0.6 is 11.5 Å². The van der Waals surface area contributed by atoms with Gasteiger partial charge in [-0.15, -0.1) is 5.10 Å². The van der Waals surface area contributed by atoms with E-state index in [4.69, 9.17) is 5.11 Å². The van der Waals surface area contributed by atoms with Crippen molar-refractivity contribution in [1.82, 2.24) is 13.9 Å². The predicted octanol–water partition coefficient (Wildman–Crippen LogP) is -0.00860. The predicted molar refractivity (Wildman–Crippen MR) is 64.4 cm³/mol. The molecule has 1 aliphatic heterocycles. The molecule has 10 heteroatoms. The van der Waals surface area contributed by atoms with Crippen LogP contribution in [0, 0.1) is 5.92 Å². The van der Waals surface area contributed by atoms with Crippen LogP contribution in [-0.4, -0.2) is 46.5 Å². The van der Waals surface area contributed by atoms with Gasteiger partial charge in [-0.25, -0.2) is 0 Å². The molecular formula is C8H12N4O4S2. The molecule has 1 atom stereocenters. The Kier molecular flexibility index (Phi) is 3.78. The Balaban J connectivity index is 2.07. The molecule has 1 fully saturated rings. The Morgan fingerprint density at radius 2 is 2.39 bits per heavy atom. The van der Waals surface area contributed by atoms with Gasteiger partial charge in [-0.3, -0.25) is 9.52 Å². The van der Waals surface area contributed by atoms with E-state index in [1.165, 1.54) is 6.20 Å². The Labute approximate surface area is 108 Å². The minimum atomic E-state index is -3.72. The van der Waals surface area contributed by atoms with Gasteiger partial charge < -0.3 is 5.11 Å². The van der Waals surface area contributed by atoms with Crippen LogP contribution in [0.15, 0.2) is 6.20 Å². The first kappa shape index (κ1) is 13.2. The molecule has 0 bridgehead atoms. The molecule has 1 aromatic heterocycles. The molecule has 2 N–H and O–H groups in total. The number of aliphatic carboxylic acids is 1. The number of aromatic nitrogens is 2. The van der Waals surface area contributed by atoms with Crippen molar-refractivity contribution < 1.29 is 18.3 Å². The number of hydrogen-bond donors (Lipinski definition) is 2. The summed E-state index contributed by atoms with van der Waals surface area (Å²) in [6, 6.07) is 0. The highest BCUT2D eigenvalue weighted by Crippen LogP contribution is 2.21. The monoisotopic (exact) mass is 292 g/mol. The van der Waals surface area contributed by atoms with Gasteiger partial charge in [0.15, 0.2) is 0 Å². The summed E-state index contributed by atoms with van der Waals surface area (Å²) in [5.74, 6) is -1.61. The van der Waals surface area contributed by atoms with Crippen LogP contribution in [0.4, 0.5) is 5.00 Å². The third-order valence-electron chi connectivity index (χ3n) is 2.66. The maximum absolute atomic E-state index is 12.0. The van der Waals surface area contributed by atoms with Crippen molar-refractivity contribution in [3.8, 4) is 0 Å². The molecule has 2 rings (SSSR count). The van der Waals surface area contributed by atoms with Crippen LogP contribution in [0.1, 0.15) is 12.8 Å². The van der Waals surface area contributed by atoms with Crippen LogP contribution in [0.25, 0.3) is 0 Å². The van der Waals surface area contributed by atoms with Gasteiger partial charge in [0.2, 0.25) is 0 Å². The number of nitrogens with zero attached hydrogens (tertiary/aromatic N) is 3. The summed E-state index contributed by atoms with van der Waals surface area (Å²) in [6.07, 6.45) is 2.35. The average molecular weight is 292 g/mol. The second kappa shape index (κ2) is 5.16. The molecule has 1 saturated heterocycles. The van der Waals surface area contributed by atoms with Crippen LogP contribution in [0.5, 0.6) is 0 Å². The summed E-state index contributed by atoms with van der Waals surface area (Å²) in [6.45, 7) is 0.322. The van der Waals surface area contributed by atoms with Crippen molar-refractivity contribution in [1.29, 1.82) is 0 Å². The molecule has 2 heterocycles. The Bertz CT molecular complexity index is 515. The lowest BCUT2D eigenvalue weighted by Gasteiger charge is -2.29. The van der Waals surface area contributed by atoms with Gasteiger partial charge in [0.05, 0.1) is 12.1 Å². The zero-order valence-electron chi connectivity index (χ0n) is 9.31. The smallest absolute Gasteiger partial charge is 0.307 e. The fraction of sp³-hybridized carbons (Fsp3) is 0.625. The second-order valence-corrected chi connectivity index (χ2v) is 6.38. The molecule has 0 aromatic carbocycles. The number of carboxylic acids is 1. The average Bonchev–Trinajstić information content (AvgIpc) is 2.81. The van der Waals surface area contributed by atoms with Gasteiger partial charge in [-0.1, -0.05) is 4.49 Å². The molecule has 1 unspecified atom stereocenters. The Hall–Kier alpha value is -1.26. The lowest BCUT2D eigenvalue weighted by molar-refractivity contribution is -0.142. The molecule has 1 aromatic rings. The number of piperidine rings is 1. The third-order valence-corrected chi connectivity index (χ3v) is 4.86. The first-order chi connectivity index (χ1) is 8.49. The van der Waals surface area contributed by atoms with E-state index in [1.807, 2.05) is 0 Å². The highest BCUT2D eigenvalue weighted by molar-refractivity contribution is 7.90. The van der Waals surface area contributed by atoms with Crippen molar-refractivity contribution in [3.63, 3.8) is 0 Å². The molecule has 18 heavy (non-hydrogen) atoms. The Morgan fingerprint density at radius 1 is 1.61 bits per heavy atom. The van der Waals surface area contributed by atoms with E-state index in [-0.39, 0.29) is 6.54 Å². The van der Waals surface area contributed by atoms with Gasteiger partial charge in [-0.05, 0) is 12.8 Å². The summed E-state index contributed by atoms with van der Waals surface area (Å²) in [7, 11) is -3.72. The van der Waals surface area contributed by atoms with E-state index < -0.39 is 22.1 Å². The number of hydrogen-bond acceptors (Lipinski definition) is 6. The topological polar surface area (TPSA) is 112 Å². The third kappa shape index (κ3) is 2.94. The molecule has 0 radical (unpaired) electrons. The SMILES string of the molecule is O=C(O)C1CCCN(S(=O)(=O)Nc2cnns2)C1. The first-order valence-corrected chi connectivity index (χ1v) is 7.48. The lowest BCUT2D eigenvalue weighted by Crippen LogP contribution is -2.44. The molecule has 0 aliphatic carbocycles. The largest absolute Gasteiger partial charge is 0.481 e. The summed E-state index contributed by atoms with van der Waals surface area (Å²) in [5, 5.41) is 12.8. The minimum Gasteiger partial charge on any atom is -0.481 e. The molecule has 0 spiro atoms. The van der Waals surface area contributed by atoms with Crippen molar-refractivity contribution in [2.75, 3.05) is 17.8 Å². The van der Waals surface area contributed by atoms with Gasteiger partial charge in [-0.2, -0.15) is 12.7 Å². The van der Waals surface area contributed by atoms with Gasteiger partial charge >= 0.3 is 16.2 Å². The minimum absolute atomic E-state index is 0.00308. The number of anilines is 1. The molecule has 8 nitrogen and oxygen atoms in total. The van der Waals surface area contributed by atoms with E-state index in [0.29, 0.717) is 24.4 Å². The van der Waals surface area contributed by atoms with Crippen molar-refractivity contribution >= 4 is 32.7 Å². The summed E-state index contributed by atoms with van der Waals surface area (Å²) in [4.78, 5) is 10.9. The van der Waals surface area contributed by atoms with Crippen LogP contribution < -0.4 is 4.72 Å². The molecule has 1 aliphatic rings. The summed E-state index contributed by atoms with van der Waals surface area (Å²) < 4.78 is 31.0. The molecule has 0 saturated carbocycles. The maximum atomic E-state index is 12.0. The van der Waals surface area contributed by atoms with Crippen LogP contribution in [0.2, 0.25) is 0 Å². The van der Waals surface area contributed by atoms with E-state index in [2.05, 4.69) is 14.3 Å². The van der Waals surface area contributed by atoms with Gasteiger partial charge in [0.1, 0.15) is 5.00 Å². The number of carbonyl (C=O) groups is 1. The van der Waals surface area contributed by atoms with E-state index in [1.54, 1.807) is 0 Å². The standard InChI is InChI=1S/C8H12N4O4S2/c13-8(14)6-2-1-3-12(5-6)18(15,16)10-7-4-9-11-17-7/h4,6,10H,1-3,5H2,(H,13,14). The summed E-state index contributed by atoms with van der Waals surface area (Å²) in [5.41, 5.74) is 0. The normalized spacial score (nSPS) is 21.7. The highest BCUT2D eigenvalue weighted by Gasteiger charge is 2.32. The van der Waals surface area contributed by atoms with Crippen LogP contribution in [-0.2, 0) is 15.0 Å². The summed E-state index contributed by atoms with van der Waals surface area (Å²) >= 11 is 0.927. The fourth-order valence-corrected chi connectivity index (χ4v) is 3.69. The fourth-order valence-electron chi connectivity index (χ4n) is 1.77. The quantitative estimate of drug-likeness (QED) is 0.807. The number of nitrogens with one attached hydrogen (secondary N) is 1. The Morgan fingerprint density at radius 3 is 3.00 bits per heavy atom. The number of rotatable bonds is 4. The van der Waals surface area contributed by atoms with Crippen molar-refractivity contribution in [3.05, 3.63) is 6.20 Å². The van der Waals surface area contributed by atoms with Crippen LogP contribution in [0.3, 0.4) is 0 Å². The van der Waals surface area contributed by atoms with E-state index in [0.717, 1.165) is 15.8 Å². The highest BCUT2D eigenvalue weighted by atomic mass is 32.2. The van der Waals surface area contributed by atoms with Crippen molar-refractivity contribution in [2.24, 2.45) is 5.92 Å². The molecule has 100 valence electrons. The van der Waals surface area contributed by atoms with Crippen molar-refractivity contribution in [2.45, 2.75) is 12.8 Å². The second-order valence-electron chi connectivity index (χ2n) is 3.92. The molecular weight excluding hydrogens is 280 g/mol. The number of carboxylic acid groups (broad SMARTS) is 1. The van der Waals surface area contributed by atoms with E-state index >= 15 is 0 Å². The van der Waals surface area contributed by atoms with Gasteiger partial charge in [0, 0.05) is 24.6 Å². The van der Waals surface area contributed by atoms with E-state index in [9.17, 15) is 13.2 Å². The zero-order valence-corrected chi connectivity index (χ0v) is 10.9. The maximum Gasteiger partial charge on any atom is 0.307 e. The van der Waals surface area contributed by atoms with Gasteiger partial charge in [0.25, 0.3) is 0 Å².